The average molecular weight is 243 g/mol. The molecule has 1 aromatic rings. The minimum atomic E-state index is -0.425. The highest BCUT2D eigenvalue weighted by molar-refractivity contribution is 6.27. The normalized spacial score (nSPS) is 12.3. The SMILES string of the molecule is C/C=C/CC(CC(=O)c1ccccc1)C(=O)C=N. The van der Waals surface area contributed by atoms with Crippen LogP contribution in [0.4, 0.5) is 0 Å². The molecular formula is C15H17NO2. The minimum Gasteiger partial charge on any atom is -0.305 e. The van der Waals surface area contributed by atoms with Crippen molar-refractivity contribution < 1.29 is 9.59 Å². The Bertz CT molecular complexity index is 449. The first kappa shape index (κ1) is 14.0. The Morgan fingerprint density at radius 3 is 2.50 bits per heavy atom. The quantitative estimate of drug-likeness (QED) is 0.454. The minimum absolute atomic E-state index is 0.0553. The van der Waals surface area contributed by atoms with Gasteiger partial charge in [0.15, 0.2) is 11.6 Å². The zero-order valence-corrected chi connectivity index (χ0v) is 10.4. The van der Waals surface area contributed by atoms with E-state index in [1.807, 2.05) is 25.1 Å². The second kappa shape index (κ2) is 7.33. The largest absolute Gasteiger partial charge is 0.305 e. The highest BCUT2D eigenvalue weighted by atomic mass is 16.1. The fourth-order valence-corrected chi connectivity index (χ4v) is 1.68. The van der Waals surface area contributed by atoms with Crippen LogP contribution in [0.25, 0.3) is 0 Å². The Morgan fingerprint density at radius 1 is 1.28 bits per heavy atom. The average Bonchev–Trinajstić information content (AvgIpc) is 2.43. The number of rotatable bonds is 7. The van der Waals surface area contributed by atoms with Gasteiger partial charge in [-0.25, -0.2) is 0 Å². The Morgan fingerprint density at radius 2 is 1.94 bits per heavy atom. The van der Waals surface area contributed by atoms with E-state index in [2.05, 4.69) is 0 Å². The van der Waals surface area contributed by atoms with E-state index in [9.17, 15) is 9.59 Å². The summed E-state index contributed by atoms with van der Waals surface area (Å²) >= 11 is 0. The van der Waals surface area contributed by atoms with Gasteiger partial charge < -0.3 is 5.41 Å². The number of nitrogens with one attached hydrogen (secondary N) is 1. The van der Waals surface area contributed by atoms with E-state index in [1.54, 1.807) is 24.3 Å². The molecule has 18 heavy (non-hydrogen) atoms. The Balaban J connectivity index is 2.74. The molecule has 1 unspecified atom stereocenters. The molecule has 1 aromatic carbocycles. The van der Waals surface area contributed by atoms with Gasteiger partial charge in [0.05, 0.1) is 6.21 Å². The fraction of sp³-hybridized carbons (Fsp3) is 0.267. The predicted octanol–water partition coefficient (Wildman–Crippen LogP) is 3.06. The van der Waals surface area contributed by atoms with E-state index in [4.69, 9.17) is 5.41 Å². The summed E-state index contributed by atoms with van der Waals surface area (Å²) in [7, 11) is 0. The van der Waals surface area contributed by atoms with Gasteiger partial charge in [-0.15, -0.1) is 0 Å². The maximum absolute atomic E-state index is 12.0. The summed E-state index contributed by atoms with van der Waals surface area (Å²) in [5.74, 6) is -0.774. The molecule has 0 aliphatic carbocycles. The maximum Gasteiger partial charge on any atom is 0.176 e. The van der Waals surface area contributed by atoms with Crippen LogP contribution in [0, 0.1) is 11.3 Å². The number of hydrogen-bond donors (Lipinski definition) is 1. The first-order valence-electron chi connectivity index (χ1n) is 5.92. The lowest BCUT2D eigenvalue weighted by molar-refractivity contribution is -0.116. The third-order valence-corrected chi connectivity index (χ3v) is 2.73. The highest BCUT2D eigenvalue weighted by Gasteiger charge is 2.19. The fourth-order valence-electron chi connectivity index (χ4n) is 1.68. The molecule has 0 aliphatic heterocycles. The first-order chi connectivity index (χ1) is 8.69. The number of carbonyl (C=O) groups excluding carboxylic acids is 2. The summed E-state index contributed by atoms with van der Waals surface area (Å²) in [6.07, 6.45) is 5.15. The van der Waals surface area contributed by atoms with Crippen LogP contribution in [0.5, 0.6) is 0 Å². The number of Topliss-reactive ketones (excluding diaryl/α,β-unsaturated/α-hetero) is 2. The molecule has 94 valence electrons. The van der Waals surface area contributed by atoms with Gasteiger partial charge >= 0.3 is 0 Å². The number of allylic oxidation sites excluding steroid dienone is 2. The second-order valence-electron chi connectivity index (χ2n) is 4.04. The van der Waals surface area contributed by atoms with Gasteiger partial charge in [0.1, 0.15) is 0 Å². The lowest BCUT2D eigenvalue weighted by Crippen LogP contribution is -2.19. The molecule has 0 spiro atoms. The van der Waals surface area contributed by atoms with E-state index >= 15 is 0 Å². The van der Waals surface area contributed by atoms with E-state index in [-0.39, 0.29) is 18.0 Å². The predicted molar refractivity (Wildman–Crippen MR) is 72.1 cm³/mol. The van der Waals surface area contributed by atoms with Crippen LogP contribution in [0.2, 0.25) is 0 Å². The molecule has 0 saturated carbocycles. The topological polar surface area (TPSA) is 58.0 Å². The Labute approximate surface area is 107 Å². The Kier molecular flexibility index (Phi) is 5.71. The van der Waals surface area contributed by atoms with Crippen molar-refractivity contribution in [1.82, 2.24) is 0 Å². The summed E-state index contributed by atoms with van der Waals surface area (Å²) in [5.41, 5.74) is 0.612. The van der Waals surface area contributed by atoms with Crippen LogP contribution in [-0.4, -0.2) is 17.8 Å². The smallest absolute Gasteiger partial charge is 0.176 e. The van der Waals surface area contributed by atoms with Crippen LogP contribution < -0.4 is 0 Å². The van der Waals surface area contributed by atoms with Crippen molar-refractivity contribution in [2.24, 2.45) is 5.92 Å². The molecule has 0 amide bonds. The molecule has 0 aromatic heterocycles. The molecule has 0 fully saturated rings. The molecule has 0 bridgehead atoms. The van der Waals surface area contributed by atoms with E-state index in [0.717, 1.165) is 6.21 Å². The summed E-state index contributed by atoms with van der Waals surface area (Å²) < 4.78 is 0. The molecule has 1 atom stereocenters. The number of hydrogen-bond acceptors (Lipinski definition) is 3. The van der Waals surface area contributed by atoms with Gasteiger partial charge in [-0.2, -0.15) is 0 Å². The number of ketones is 2. The molecule has 3 heteroatoms. The van der Waals surface area contributed by atoms with Gasteiger partial charge in [-0.3, -0.25) is 9.59 Å². The third-order valence-electron chi connectivity index (χ3n) is 2.73. The summed E-state index contributed by atoms with van der Waals surface area (Å²) in [6.45, 7) is 1.87. The summed E-state index contributed by atoms with van der Waals surface area (Å²) in [4.78, 5) is 23.5. The molecule has 0 aliphatic rings. The van der Waals surface area contributed by atoms with Crippen LogP contribution >= 0.6 is 0 Å². The highest BCUT2D eigenvalue weighted by Crippen LogP contribution is 2.15. The zero-order chi connectivity index (χ0) is 13.4. The monoisotopic (exact) mass is 243 g/mol. The molecule has 0 radical (unpaired) electrons. The lowest BCUT2D eigenvalue weighted by atomic mass is 9.92. The van der Waals surface area contributed by atoms with Crippen LogP contribution in [0.1, 0.15) is 30.1 Å². The van der Waals surface area contributed by atoms with E-state index in [1.165, 1.54) is 0 Å². The van der Waals surface area contributed by atoms with Crippen molar-refractivity contribution in [2.75, 3.05) is 0 Å². The van der Waals surface area contributed by atoms with Crippen molar-refractivity contribution in [3.8, 4) is 0 Å². The molecule has 0 heterocycles. The molecule has 0 saturated heterocycles. The van der Waals surface area contributed by atoms with Gasteiger partial charge in [-0.1, -0.05) is 42.5 Å². The number of benzene rings is 1. The summed E-state index contributed by atoms with van der Waals surface area (Å²) in [6, 6.07) is 8.92. The standard InChI is InChI=1S/C15H17NO2/c1-2-3-7-13(15(18)11-16)10-14(17)12-8-5-4-6-9-12/h2-6,8-9,11,13,16H,7,10H2,1H3/b3-2+,16-11?. The summed E-state index contributed by atoms with van der Waals surface area (Å²) in [5, 5.41) is 7.01. The molecule has 1 N–H and O–H groups in total. The Hall–Kier alpha value is -2.03. The van der Waals surface area contributed by atoms with Crippen molar-refractivity contribution >= 4 is 17.8 Å². The van der Waals surface area contributed by atoms with Gasteiger partial charge in [-0.05, 0) is 13.3 Å². The van der Waals surface area contributed by atoms with E-state index < -0.39 is 5.92 Å². The number of carbonyl (C=O) groups is 2. The molecular weight excluding hydrogens is 226 g/mol. The van der Waals surface area contributed by atoms with Crippen molar-refractivity contribution in [1.29, 1.82) is 5.41 Å². The molecule has 1 rings (SSSR count). The van der Waals surface area contributed by atoms with Crippen LogP contribution in [-0.2, 0) is 4.79 Å². The van der Waals surface area contributed by atoms with Gasteiger partial charge in [0.25, 0.3) is 0 Å². The van der Waals surface area contributed by atoms with Gasteiger partial charge in [0, 0.05) is 17.9 Å². The molecule has 3 nitrogen and oxygen atoms in total. The van der Waals surface area contributed by atoms with Crippen LogP contribution in [0.15, 0.2) is 42.5 Å². The van der Waals surface area contributed by atoms with Gasteiger partial charge in [0.2, 0.25) is 0 Å². The van der Waals surface area contributed by atoms with Crippen LogP contribution in [0.3, 0.4) is 0 Å². The maximum atomic E-state index is 12.0. The second-order valence-corrected chi connectivity index (χ2v) is 4.04. The first-order valence-corrected chi connectivity index (χ1v) is 5.92. The van der Waals surface area contributed by atoms with Crippen molar-refractivity contribution in [3.63, 3.8) is 0 Å². The lowest BCUT2D eigenvalue weighted by Gasteiger charge is -2.10. The third kappa shape index (κ3) is 4.09. The van der Waals surface area contributed by atoms with E-state index in [0.29, 0.717) is 12.0 Å². The zero-order valence-electron chi connectivity index (χ0n) is 10.4. The van der Waals surface area contributed by atoms with Crippen molar-refractivity contribution in [2.45, 2.75) is 19.8 Å². The van der Waals surface area contributed by atoms with Crippen molar-refractivity contribution in [3.05, 3.63) is 48.0 Å².